The molecule has 3 heterocycles. The zero-order valence-corrected chi connectivity index (χ0v) is 21.1. The first-order chi connectivity index (χ1) is 17.6. The number of carbonyl (C=O) groups excluding carboxylic acids is 1. The van der Waals surface area contributed by atoms with Crippen molar-refractivity contribution in [3.63, 3.8) is 0 Å². The Bertz CT molecular complexity index is 1150. The first-order valence-corrected chi connectivity index (χ1v) is 12.5. The minimum atomic E-state index is -4.23. The number of benzene rings is 1. The summed E-state index contributed by atoms with van der Waals surface area (Å²) in [6.07, 6.45) is -2.00. The average molecular weight is 519 g/mol. The number of aromatic nitrogens is 1. The van der Waals surface area contributed by atoms with Crippen LogP contribution in [0.4, 0.5) is 29.5 Å². The van der Waals surface area contributed by atoms with Gasteiger partial charge in [0, 0.05) is 31.2 Å². The number of ether oxygens (including phenoxy) is 1. The van der Waals surface area contributed by atoms with E-state index in [1.807, 2.05) is 44.2 Å². The number of likely N-dealkylation sites (tertiary alicyclic amines) is 1. The van der Waals surface area contributed by atoms with Crippen molar-refractivity contribution in [3.8, 4) is 11.1 Å². The molecule has 1 aromatic carbocycles. The standard InChI is InChI=1S/C27H33F3N4O3/c1-17-3-4-22(32-26(36)34-8-5-19(15-34)14-27(28,29)30)13-23(17)21-11-24(20-6-9-37-10-7-20)33-25(12-21)31-18(2)16-35/h3-4,6,11-13,18-19,35H,5,7-10,14-16H2,1-2H3,(H,31,33)(H,32,36)/t18?,19-/m0/s1. The summed E-state index contributed by atoms with van der Waals surface area (Å²) >= 11 is 0. The largest absolute Gasteiger partial charge is 0.394 e. The topological polar surface area (TPSA) is 86.7 Å². The summed E-state index contributed by atoms with van der Waals surface area (Å²) in [4.78, 5) is 19.0. The third-order valence-corrected chi connectivity index (χ3v) is 6.68. The number of nitrogens with zero attached hydrogens (tertiary/aromatic N) is 2. The highest BCUT2D eigenvalue weighted by molar-refractivity contribution is 5.91. The summed E-state index contributed by atoms with van der Waals surface area (Å²) in [5.41, 5.74) is 5.23. The van der Waals surface area contributed by atoms with Crippen molar-refractivity contribution in [2.24, 2.45) is 5.92 Å². The van der Waals surface area contributed by atoms with Crippen LogP contribution < -0.4 is 10.6 Å². The third kappa shape index (κ3) is 7.23. The van der Waals surface area contributed by atoms with Gasteiger partial charge in [-0.05, 0) is 79.1 Å². The molecule has 2 atom stereocenters. The molecule has 1 saturated heterocycles. The van der Waals surface area contributed by atoms with Crippen LogP contribution in [0.3, 0.4) is 0 Å². The molecule has 2 aliphatic heterocycles. The monoisotopic (exact) mass is 518 g/mol. The van der Waals surface area contributed by atoms with E-state index >= 15 is 0 Å². The molecule has 10 heteroatoms. The number of alkyl halides is 3. The molecule has 0 aliphatic carbocycles. The number of aliphatic hydroxyl groups is 1. The number of halogens is 3. The molecule has 2 amide bonds. The van der Waals surface area contributed by atoms with Crippen LogP contribution in [0.1, 0.15) is 37.4 Å². The zero-order chi connectivity index (χ0) is 26.6. The minimum absolute atomic E-state index is 0.0430. The highest BCUT2D eigenvalue weighted by Gasteiger charge is 2.36. The van der Waals surface area contributed by atoms with Crippen LogP contribution in [-0.4, -0.2) is 66.1 Å². The number of hydrogen-bond acceptors (Lipinski definition) is 5. The normalized spacial score (nSPS) is 18.9. The van der Waals surface area contributed by atoms with E-state index in [0.717, 1.165) is 34.4 Å². The van der Waals surface area contributed by atoms with Crippen LogP contribution in [0.2, 0.25) is 0 Å². The summed E-state index contributed by atoms with van der Waals surface area (Å²) in [5.74, 6) is 0.0596. The number of aliphatic hydroxyl groups excluding tert-OH is 1. The third-order valence-electron chi connectivity index (χ3n) is 6.68. The van der Waals surface area contributed by atoms with E-state index in [9.17, 15) is 23.1 Å². The van der Waals surface area contributed by atoms with Gasteiger partial charge in [0.2, 0.25) is 0 Å². The second-order valence-corrected chi connectivity index (χ2v) is 9.79. The molecule has 2 aliphatic rings. The maximum Gasteiger partial charge on any atom is 0.389 e. The number of urea groups is 1. The van der Waals surface area contributed by atoms with Crippen LogP contribution in [0, 0.1) is 12.8 Å². The van der Waals surface area contributed by atoms with Crippen LogP contribution in [0.5, 0.6) is 0 Å². The van der Waals surface area contributed by atoms with Gasteiger partial charge in [-0.2, -0.15) is 13.2 Å². The van der Waals surface area contributed by atoms with Gasteiger partial charge in [0.05, 0.1) is 25.5 Å². The fourth-order valence-corrected chi connectivity index (χ4v) is 4.71. The van der Waals surface area contributed by atoms with E-state index in [4.69, 9.17) is 9.72 Å². The van der Waals surface area contributed by atoms with E-state index in [1.165, 1.54) is 4.90 Å². The summed E-state index contributed by atoms with van der Waals surface area (Å²) < 4.78 is 43.7. The number of pyridine rings is 1. The lowest BCUT2D eigenvalue weighted by Gasteiger charge is -2.20. The lowest BCUT2D eigenvalue weighted by Crippen LogP contribution is -2.33. The van der Waals surface area contributed by atoms with E-state index in [0.29, 0.717) is 37.7 Å². The SMILES string of the molecule is Cc1ccc(NC(=O)N2CC[C@@H](CC(F)(F)F)C2)cc1-c1cc(NC(C)CO)nc(C2=CCOCC2)c1. The molecule has 0 spiro atoms. The van der Waals surface area contributed by atoms with Crippen molar-refractivity contribution in [2.75, 3.05) is 43.5 Å². The maximum absolute atomic E-state index is 12.8. The van der Waals surface area contributed by atoms with Gasteiger partial charge < -0.3 is 25.4 Å². The molecule has 1 aromatic heterocycles. The lowest BCUT2D eigenvalue weighted by atomic mass is 9.97. The van der Waals surface area contributed by atoms with Gasteiger partial charge in [0.25, 0.3) is 0 Å². The van der Waals surface area contributed by atoms with Gasteiger partial charge in [0.15, 0.2) is 0 Å². The Morgan fingerprint density at radius 2 is 2.11 bits per heavy atom. The number of nitrogens with one attached hydrogen (secondary N) is 2. The molecule has 1 fully saturated rings. The summed E-state index contributed by atoms with van der Waals surface area (Å²) in [6, 6.07) is 8.88. The molecule has 0 saturated carbocycles. The highest BCUT2D eigenvalue weighted by Crippen LogP contribution is 2.33. The second-order valence-electron chi connectivity index (χ2n) is 9.79. The molecule has 1 unspecified atom stereocenters. The smallest absolute Gasteiger partial charge is 0.389 e. The Labute approximate surface area is 214 Å². The fraction of sp³-hybridized carbons (Fsp3) is 0.481. The number of hydrogen-bond donors (Lipinski definition) is 3. The van der Waals surface area contributed by atoms with Crippen LogP contribution in [0.15, 0.2) is 36.4 Å². The molecule has 37 heavy (non-hydrogen) atoms. The predicted molar refractivity (Wildman–Crippen MR) is 137 cm³/mol. The summed E-state index contributed by atoms with van der Waals surface area (Å²) in [6.45, 7) is 5.33. The zero-order valence-electron chi connectivity index (χ0n) is 21.1. The molecule has 2 aromatic rings. The number of carbonyl (C=O) groups is 1. The Balaban J connectivity index is 1.57. The minimum Gasteiger partial charge on any atom is -0.394 e. The fourth-order valence-electron chi connectivity index (χ4n) is 4.71. The Kier molecular flexibility index (Phi) is 8.39. The molecule has 0 radical (unpaired) electrons. The van der Waals surface area contributed by atoms with Gasteiger partial charge in [0.1, 0.15) is 5.82 Å². The van der Waals surface area contributed by atoms with Crippen molar-refractivity contribution >= 4 is 23.1 Å². The lowest BCUT2D eigenvalue weighted by molar-refractivity contribution is -0.143. The highest BCUT2D eigenvalue weighted by atomic mass is 19.4. The second kappa shape index (κ2) is 11.5. The molecule has 3 N–H and O–H groups in total. The first kappa shape index (κ1) is 26.9. The predicted octanol–water partition coefficient (Wildman–Crippen LogP) is 5.46. The van der Waals surface area contributed by atoms with Crippen molar-refractivity contribution in [1.82, 2.24) is 9.88 Å². The van der Waals surface area contributed by atoms with Gasteiger partial charge in [-0.25, -0.2) is 9.78 Å². The number of rotatable bonds is 7. The number of anilines is 2. The molecule has 7 nitrogen and oxygen atoms in total. The molecule has 200 valence electrons. The van der Waals surface area contributed by atoms with Crippen molar-refractivity contribution in [3.05, 3.63) is 47.7 Å². The van der Waals surface area contributed by atoms with Crippen LogP contribution in [0.25, 0.3) is 16.7 Å². The van der Waals surface area contributed by atoms with Crippen molar-refractivity contribution < 1.29 is 27.8 Å². The Morgan fingerprint density at radius 3 is 2.81 bits per heavy atom. The van der Waals surface area contributed by atoms with Gasteiger partial charge in [-0.1, -0.05) is 12.1 Å². The van der Waals surface area contributed by atoms with Gasteiger partial charge in [-0.15, -0.1) is 0 Å². The van der Waals surface area contributed by atoms with E-state index in [1.54, 1.807) is 6.07 Å². The van der Waals surface area contributed by atoms with Crippen LogP contribution in [-0.2, 0) is 4.74 Å². The average Bonchev–Trinajstić information content (AvgIpc) is 3.32. The maximum atomic E-state index is 12.8. The molecule has 4 rings (SSSR count). The van der Waals surface area contributed by atoms with Crippen molar-refractivity contribution in [2.45, 2.75) is 45.3 Å². The first-order valence-electron chi connectivity index (χ1n) is 12.5. The summed E-state index contributed by atoms with van der Waals surface area (Å²) in [5, 5.41) is 15.6. The molecule has 0 bridgehead atoms. The van der Waals surface area contributed by atoms with E-state index < -0.39 is 24.5 Å². The number of aryl methyl sites for hydroxylation is 1. The van der Waals surface area contributed by atoms with Crippen LogP contribution >= 0.6 is 0 Å². The molecular formula is C27H33F3N4O3. The number of amides is 2. The van der Waals surface area contributed by atoms with Crippen molar-refractivity contribution in [1.29, 1.82) is 0 Å². The quantitative estimate of drug-likeness (QED) is 0.453. The van der Waals surface area contributed by atoms with Gasteiger partial charge in [-0.3, -0.25) is 0 Å². The van der Waals surface area contributed by atoms with E-state index in [2.05, 4.69) is 10.6 Å². The van der Waals surface area contributed by atoms with Gasteiger partial charge >= 0.3 is 12.2 Å². The Hall–Kier alpha value is -3.11. The summed E-state index contributed by atoms with van der Waals surface area (Å²) in [7, 11) is 0. The molecular weight excluding hydrogens is 485 g/mol. The Morgan fingerprint density at radius 1 is 1.30 bits per heavy atom. The van der Waals surface area contributed by atoms with E-state index in [-0.39, 0.29) is 19.2 Å².